The van der Waals surface area contributed by atoms with Crippen LogP contribution in [0.4, 0.5) is 0 Å². The fraction of sp³-hybridized carbons (Fsp3) is 0.389. The summed E-state index contributed by atoms with van der Waals surface area (Å²) in [5.74, 6) is 0.0304. The summed E-state index contributed by atoms with van der Waals surface area (Å²) in [6.07, 6.45) is 3.60. The standard InChI is InChI=1S/C18H22N2OS/c1-20-12-6-5-10-15(20)17(14-8-3-2-4-9-14)19-18(21)16-11-7-13-22-16/h2-4,7-9,11,13,15,17H,5-6,10,12H2,1H3,(H,19,21). The lowest BCUT2D eigenvalue weighted by atomic mass is 9.91. The van der Waals surface area contributed by atoms with Crippen LogP contribution < -0.4 is 5.32 Å². The number of hydrogen-bond acceptors (Lipinski definition) is 3. The molecule has 1 aliphatic rings. The second-order valence-corrected chi connectivity index (χ2v) is 6.83. The molecule has 1 fully saturated rings. The number of likely N-dealkylation sites (N-methyl/N-ethyl adjacent to an activating group) is 1. The highest BCUT2D eigenvalue weighted by molar-refractivity contribution is 7.12. The quantitative estimate of drug-likeness (QED) is 0.933. The van der Waals surface area contributed by atoms with E-state index in [4.69, 9.17) is 0 Å². The molecule has 2 unspecified atom stereocenters. The third-order valence-electron chi connectivity index (χ3n) is 4.40. The van der Waals surface area contributed by atoms with E-state index in [0.29, 0.717) is 6.04 Å². The van der Waals surface area contributed by atoms with Crippen LogP contribution in [0.3, 0.4) is 0 Å². The van der Waals surface area contributed by atoms with Crippen molar-refractivity contribution >= 4 is 17.2 Å². The largest absolute Gasteiger partial charge is 0.343 e. The molecule has 4 heteroatoms. The summed E-state index contributed by atoms with van der Waals surface area (Å²) in [4.78, 5) is 15.7. The Morgan fingerprint density at radius 1 is 1.23 bits per heavy atom. The molecule has 0 bridgehead atoms. The molecule has 1 aromatic carbocycles. The van der Waals surface area contributed by atoms with E-state index < -0.39 is 0 Å². The zero-order valence-electron chi connectivity index (χ0n) is 12.9. The van der Waals surface area contributed by atoms with Crippen molar-refractivity contribution in [3.8, 4) is 0 Å². The summed E-state index contributed by atoms with van der Waals surface area (Å²) < 4.78 is 0. The molecular formula is C18H22N2OS. The minimum Gasteiger partial charge on any atom is -0.343 e. The van der Waals surface area contributed by atoms with Crippen molar-refractivity contribution in [2.24, 2.45) is 0 Å². The lowest BCUT2D eigenvalue weighted by molar-refractivity contribution is 0.0875. The van der Waals surface area contributed by atoms with Crippen molar-refractivity contribution in [1.29, 1.82) is 0 Å². The van der Waals surface area contributed by atoms with Gasteiger partial charge in [0.1, 0.15) is 0 Å². The number of carbonyl (C=O) groups is 1. The number of piperidine rings is 1. The van der Waals surface area contributed by atoms with Gasteiger partial charge in [-0.3, -0.25) is 4.79 Å². The van der Waals surface area contributed by atoms with Gasteiger partial charge >= 0.3 is 0 Å². The lowest BCUT2D eigenvalue weighted by Gasteiger charge is -2.38. The predicted octanol–water partition coefficient (Wildman–Crippen LogP) is 3.70. The van der Waals surface area contributed by atoms with E-state index in [-0.39, 0.29) is 11.9 Å². The summed E-state index contributed by atoms with van der Waals surface area (Å²) in [5.41, 5.74) is 1.19. The Kier molecular flexibility index (Phi) is 4.90. The SMILES string of the molecule is CN1CCCCC1C(NC(=O)c1cccs1)c1ccccc1. The first-order chi connectivity index (χ1) is 10.8. The third kappa shape index (κ3) is 3.39. The molecule has 1 amide bonds. The van der Waals surface area contributed by atoms with Gasteiger partial charge in [0.2, 0.25) is 0 Å². The number of rotatable bonds is 4. The molecule has 0 saturated carbocycles. The number of carbonyl (C=O) groups excluding carboxylic acids is 1. The van der Waals surface area contributed by atoms with Crippen LogP contribution in [0.15, 0.2) is 47.8 Å². The maximum Gasteiger partial charge on any atom is 0.261 e. The van der Waals surface area contributed by atoms with Crippen LogP contribution in [0.2, 0.25) is 0 Å². The smallest absolute Gasteiger partial charge is 0.261 e. The zero-order chi connectivity index (χ0) is 15.4. The Bertz CT molecular complexity index is 597. The number of benzene rings is 1. The summed E-state index contributed by atoms with van der Waals surface area (Å²) in [6.45, 7) is 1.10. The molecule has 22 heavy (non-hydrogen) atoms. The van der Waals surface area contributed by atoms with Crippen molar-refractivity contribution < 1.29 is 4.79 Å². The van der Waals surface area contributed by atoms with Gasteiger partial charge in [-0.2, -0.15) is 0 Å². The van der Waals surface area contributed by atoms with Crippen LogP contribution in [0, 0.1) is 0 Å². The van der Waals surface area contributed by atoms with Crippen molar-refractivity contribution in [2.45, 2.75) is 31.3 Å². The first kappa shape index (κ1) is 15.3. The average molecular weight is 314 g/mol. The van der Waals surface area contributed by atoms with Gasteiger partial charge in [-0.25, -0.2) is 0 Å². The number of likely N-dealkylation sites (tertiary alicyclic amines) is 1. The van der Waals surface area contributed by atoms with E-state index >= 15 is 0 Å². The van der Waals surface area contributed by atoms with Crippen LogP contribution in [0.25, 0.3) is 0 Å². The van der Waals surface area contributed by atoms with Crippen molar-refractivity contribution in [2.75, 3.05) is 13.6 Å². The van der Waals surface area contributed by atoms with Crippen LogP contribution >= 0.6 is 11.3 Å². The lowest BCUT2D eigenvalue weighted by Crippen LogP contribution is -2.46. The maximum absolute atomic E-state index is 12.5. The van der Waals surface area contributed by atoms with Crippen LogP contribution in [0.1, 0.15) is 40.5 Å². The molecule has 3 rings (SSSR count). The van der Waals surface area contributed by atoms with E-state index in [1.165, 1.54) is 29.7 Å². The molecule has 3 nitrogen and oxygen atoms in total. The summed E-state index contributed by atoms with van der Waals surface area (Å²) >= 11 is 1.49. The fourth-order valence-corrected chi connectivity index (χ4v) is 3.83. The van der Waals surface area contributed by atoms with Gasteiger partial charge in [0.05, 0.1) is 10.9 Å². The molecule has 1 aliphatic heterocycles. The minimum atomic E-state index is 0.0304. The molecular weight excluding hydrogens is 292 g/mol. The van der Waals surface area contributed by atoms with Gasteiger partial charge in [0, 0.05) is 6.04 Å². The van der Waals surface area contributed by atoms with Gasteiger partial charge < -0.3 is 10.2 Å². The Morgan fingerprint density at radius 3 is 2.73 bits per heavy atom. The third-order valence-corrected chi connectivity index (χ3v) is 5.27. The monoisotopic (exact) mass is 314 g/mol. The minimum absolute atomic E-state index is 0.0304. The number of amides is 1. The second kappa shape index (κ2) is 7.07. The molecule has 0 aliphatic carbocycles. The Labute approximate surface area is 136 Å². The first-order valence-electron chi connectivity index (χ1n) is 7.85. The van der Waals surface area contributed by atoms with Gasteiger partial charge in [0.25, 0.3) is 5.91 Å². The highest BCUT2D eigenvalue weighted by Crippen LogP contribution is 2.28. The van der Waals surface area contributed by atoms with Gasteiger partial charge in [-0.15, -0.1) is 11.3 Å². The van der Waals surface area contributed by atoms with Crippen molar-refractivity contribution in [1.82, 2.24) is 10.2 Å². The van der Waals surface area contributed by atoms with Crippen LogP contribution in [-0.4, -0.2) is 30.4 Å². The summed E-state index contributed by atoms with van der Waals surface area (Å²) in [6, 6.07) is 14.5. The highest BCUT2D eigenvalue weighted by Gasteiger charge is 2.30. The Balaban J connectivity index is 1.84. The topological polar surface area (TPSA) is 32.3 Å². The van der Waals surface area contributed by atoms with Crippen molar-refractivity contribution in [3.05, 3.63) is 58.3 Å². The zero-order valence-corrected chi connectivity index (χ0v) is 13.7. The van der Waals surface area contributed by atoms with Gasteiger partial charge in [0.15, 0.2) is 0 Å². The van der Waals surface area contributed by atoms with E-state index in [1.807, 2.05) is 35.7 Å². The number of hydrogen-bond donors (Lipinski definition) is 1. The van der Waals surface area contributed by atoms with Gasteiger partial charge in [-0.05, 0) is 43.4 Å². The van der Waals surface area contributed by atoms with Crippen LogP contribution in [-0.2, 0) is 0 Å². The average Bonchev–Trinajstić information content (AvgIpc) is 3.09. The highest BCUT2D eigenvalue weighted by atomic mass is 32.1. The molecule has 1 saturated heterocycles. The van der Waals surface area contributed by atoms with Gasteiger partial charge in [-0.1, -0.05) is 42.8 Å². The van der Waals surface area contributed by atoms with E-state index in [1.54, 1.807) is 0 Å². The van der Waals surface area contributed by atoms with E-state index in [0.717, 1.165) is 17.8 Å². The molecule has 1 aromatic heterocycles. The first-order valence-corrected chi connectivity index (χ1v) is 8.73. The molecule has 2 aromatic rings. The van der Waals surface area contributed by atoms with E-state index in [9.17, 15) is 4.79 Å². The Hall–Kier alpha value is -1.65. The number of nitrogens with zero attached hydrogens (tertiary/aromatic N) is 1. The molecule has 2 atom stereocenters. The molecule has 0 radical (unpaired) electrons. The summed E-state index contributed by atoms with van der Waals surface area (Å²) in [5, 5.41) is 5.21. The fourth-order valence-electron chi connectivity index (χ4n) is 3.20. The number of nitrogens with one attached hydrogen (secondary N) is 1. The van der Waals surface area contributed by atoms with Crippen molar-refractivity contribution in [3.63, 3.8) is 0 Å². The summed E-state index contributed by atoms with van der Waals surface area (Å²) in [7, 11) is 2.16. The number of thiophene rings is 1. The van der Waals surface area contributed by atoms with Crippen LogP contribution in [0.5, 0.6) is 0 Å². The molecule has 116 valence electrons. The predicted molar refractivity (Wildman–Crippen MR) is 91.2 cm³/mol. The molecule has 0 spiro atoms. The molecule has 1 N–H and O–H groups in total. The Morgan fingerprint density at radius 2 is 2.05 bits per heavy atom. The molecule has 2 heterocycles. The van der Waals surface area contributed by atoms with E-state index in [2.05, 4.69) is 29.4 Å². The maximum atomic E-state index is 12.5. The normalized spacial score (nSPS) is 20.5. The second-order valence-electron chi connectivity index (χ2n) is 5.88.